The molecule has 0 spiro atoms. The number of aromatic carboxylic acids is 1. The van der Waals surface area contributed by atoms with Gasteiger partial charge in [-0.05, 0) is 38.5 Å². The van der Waals surface area contributed by atoms with Crippen LogP contribution in [0.15, 0.2) is 47.1 Å². The second-order valence-electron chi connectivity index (χ2n) is 9.76. The number of halogens is 3. The predicted molar refractivity (Wildman–Crippen MR) is 135 cm³/mol. The number of rotatable bonds is 7. The fraction of sp³-hybridized carbons (Fsp3) is 0.407. The van der Waals surface area contributed by atoms with Gasteiger partial charge in [-0.3, -0.25) is 0 Å². The normalized spacial score (nSPS) is 22.1. The van der Waals surface area contributed by atoms with E-state index in [2.05, 4.69) is 27.2 Å². The Labute approximate surface area is 222 Å². The minimum Gasteiger partial charge on any atom is -0.478 e. The molecule has 4 heterocycles. The molecule has 11 heteroatoms. The fourth-order valence-corrected chi connectivity index (χ4v) is 5.74. The summed E-state index contributed by atoms with van der Waals surface area (Å²) >= 11 is 6.22. The number of carboxylic acids is 1. The third kappa shape index (κ3) is 5.71. The molecule has 3 aromatic rings. The number of aromatic nitrogens is 2. The van der Waals surface area contributed by atoms with E-state index in [1.54, 1.807) is 6.07 Å². The Morgan fingerprint density at radius 3 is 2.34 bits per heavy atom. The average molecular weight is 546 g/mol. The Kier molecular flexibility index (Phi) is 7.71. The van der Waals surface area contributed by atoms with Gasteiger partial charge < -0.3 is 19.3 Å². The van der Waals surface area contributed by atoms with Gasteiger partial charge in [-0.1, -0.05) is 47.1 Å². The third-order valence-electron chi connectivity index (χ3n) is 7.30. The van der Waals surface area contributed by atoms with Crippen LogP contribution in [0, 0.1) is 0 Å². The highest BCUT2D eigenvalue weighted by Gasteiger charge is 2.42. The quantitative estimate of drug-likeness (QED) is 0.326. The Balaban J connectivity index is 0.000000689. The Morgan fingerprint density at radius 1 is 1.11 bits per heavy atom. The van der Waals surface area contributed by atoms with Crippen LogP contribution in [-0.2, 0) is 11.3 Å². The van der Waals surface area contributed by atoms with Gasteiger partial charge in [-0.2, -0.15) is 0 Å². The van der Waals surface area contributed by atoms with Crippen LogP contribution in [0.2, 0.25) is 5.02 Å². The number of carbonyl (C=O) groups is 2. The summed E-state index contributed by atoms with van der Waals surface area (Å²) in [5.74, 6) is 1.14. The number of hydrogen-bond donors (Lipinski definition) is 1. The SMILES string of the molecule is O=C(F)F.O=C(O)c1cnc(N2C3CC[C@H]2CC(OCc2c(-c4ccccc4)noc2C2CC2)C3)cc1Cl. The van der Waals surface area contributed by atoms with Crippen LogP contribution in [0.25, 0.3) is 11.3 Å². The van der Waals surface area contributed by atoms with Crippen molar-refractivity contribution in [2.75, 3.05) is 4.90 Å². The molecule has 0 amide bonds. The highest BCUT2D eigenvalue weighted by atomic mass is 35.5. The van der Waals surface area contributed by atoms with Crippen LogP contribution >= 0.6 is 11.6 Å². The van der Waals surface area contributed by atoms with E-state index < -0.39 is 12.3 Å². The van der Waals surface area contributed by atoms with E-state index in [-0.39, 0.29) is 16.7 Å². The summed E-state index contributed by atoms with van der Waals surface area (Å²) in [6.45, 7) is 0.501. The van der Waals surface area contributed by atoms with Gasteiger partial charge in [0.15, 0.2) is 0 Å². The van der Waals surface area contributed by atoms with Crippen molar-refractivity contribution >= 4 is 29.7 Å². The van der Waals surface area contributed by atoms with E-state index in [0.717, 1.165) is 66.9 Å². The summed E-state index contributed by atoms with van der Waals surface area (Å²) in [6, 6.07) is 12.5. The molecular weight excluding hydrogens is 520 g/mol. The lowest BCUT2D eigenvalue weighted by atomic mass is 9.99. The van der Waals surface area contributed by atoms with Crippen molar-refractivity contribution in [1.29, 1.82) is 0 Å². The van der Waals surface area contributed by atoms with E-state index in [1.807, 2.05) is 18.2 Å². The van der Waals surface area contributed by atoms with Crippen molar-refractivity contribution in [2.45, 2.75) is 69.2 Å². The molecule has 3 fully saturated rings. The molecule has 1 aliphatic carbocycles. The van der Waals surface area contributed by atoms with E-state index in [0.29, 0.717) is 24.6 Å². The molecule has 2 bridgehead atoms. The standard InChI is InChI=1S/C26H26ClN3O4.CF2O/c27-22-12-23(28-13-20(22)26(31)32)30-17-8-9-18(30)11-19(10-17)33-14-21-24(15-4-2-1-3-5-15)29-34-25(21)16-6-7-16;2-1(3)4/h1-5,12-13,16-19H,6-11,14H2,(H,31,32);/t17-,18?,19?;/m0./s1. The summed E-state index contributed by atoms with van der Waals surface area (Å²) in [6.07, 6.45) is 4.92. The molecular formula is C27H26ClF2N3O5. The van der Waals surface area contributed by atoms with Crippen molar-refractivity contribution in [3.05, 3.63) is 64.5 Å². The summed E-state index contributed by atoms with van der Waals surface area (Å²) in [7, 11) is 0. The average Bonchev–Trinajstić information content (AvgIpc) is 3.58. The van der Waals surface area contributed by atoms with Crippen LogP contribution in [0.5, 0.6) is 0 Å². The lowest BCUT2D eigenvalue weighted by Gasteiger charge is -2.39. The summed E-state index contributed by atoms with van der Waals surface area (Å²) in [5.41, 5.74) is 3.06. The van der Waals surface area contributed by atoms with Crippen molar-refractivity contribution in [3.63, 3.8) is 0 Å². The molecule has 2 aromatic heterocycles. The molecule has 3 atom stereocenters. The minimum atomic E-state index is -2.83. The topological polar surface area (TPSA) is 106 Å². The van der Waals surface area contributed by atoms with Crippen LogP contribution in [0.3, 0.4) is 0 Å². The summed E-state index contributed by atoms with van der Waals surface area (Å²) in [5, 5.41) is 13.9. The molecule has 2 aliphatic heterocycles. The first-order valence-electron chi connectivity index (χ1n) is 12.5. The maximum Gasteiger partial charge on any atom is 0.483 e. The molecule has 38 heavy (non-hydrogen) atoms. The molecule has 0 radical (unpaired) electrons. The van der Waals surface area contributed by atoms with Gasteiger partial charge in [0.2, 0.25) is 0 Å². The predicted octanol–water partition coefficient (Wildman–Crippen LogP) is 6.73. The second kappa shape index (κ2) is 11.2. The number of nitrogens with zero attached hydrogens (tertiary/aromatic N) is 3. The maximum absolute atomic E-state index is 11.3. The van der Waals surface area contributed by atoms with Gasteiger partial charge in [0.25, 0.3) is 0 Å². The van der Waals surface area contributed by atoms with Gasteiger partial charge in [0.1, 0.15) is 17.3 Å². The van der Waals surface area contributed by atoms with Crippen LogP contribution in [-0.4, -0.2) is 45.7 Å². The molecule has 3 aliphatic rings. The number of piperidine rings is 1. The van der Waals surface area contributed by atoms with Gasteiger partial charge in [0.05, 0.1) is 23.3 Å². The smallest absolute Gasteiger partial charge is 0.478 e. The van der Waals surface area contributed by atoms with E-state index >= 15 is 0 Å². The molecule has 2 saturated heterocycles. The zero-order chi connectivity index (χ0) is 26.8. The second-order valence-corrected chi connectivity index (χ2v) is 10.2. The summed E-state index contributed by atoms with van der Waals surface area (Å²) < 4.78 is 31.7. The molecule has 1 N–H and O–H groups in total. The first kappa shape index (κ1) is 26.2. The van der Waals surface area contributed by atoms with Crippen molar-refractivity contribution < 1.29 is 32.7 Å². The number of ether oxygens (including phenoxy) is 1. The molecule has 1 aromatic carbocycles. The number of carboxylic acid groups (broad SMARTS) is 1. The summed E-state index contributed by atoms with van der Waals surface area (Å²) in [4.78, 5) is 26.1. The minimum absolute atomic E-state index is 0.0328. The van der Waals surface area contributed by atoms with Gasteiger partial charge in [0, 0.05) is 41.4 Å². The Bertz CT molecular complexity index is 1300. The Hall–Kier alpha value is -3.37. The van der Waals surface area contributed by atoms with Crippen molar-refractivity contribution in [1.82, 2.24) is 10.1 Å². The van der Waals surface area contributed by atoms with Crippen LogP contribution in [0.4, 0.5) is 19.4 Å². The zero-order valence-electron chi connectivity index (χ0n) is 20.4. The highest BCUT2D eigenvalue weighted by molar-refractivity contribution is 6.33. The maximum atomic E-state index is 11.3. The first-order chi connectivity index (χ1) is 18.3. The van der Waals surface area contributed by atoms with E-state index in [9.17, 15) is 18.7 Å². The molecule has 2 unspecified atom stereocenters. The first-order valence-corrected chi connectivity index (χ1v) is 12.9. The third-order valence-corrected chi connectivity index (χ3v) is 7.61. The number of hydrogen-bond acceptors (Lipinski definition) is 7. The van der Waals surface area contributed by atoms with E-state index in [1.165, 1.54) is 6.20 Å². The fourth-order valence-electron chi connectivity index (χ4n) is 5.51. The number of carbonyl (C=O) groups excluding carboxylic acids is 1. The number of anilines is 1. The lowest BCUT2D eigenvalue weighted by Crippen LogP contribution is -2.46. The zero-order valence-corrected chi connectivity index (χ0v) is 21.1. The molecule has 200 valence electrons. The van der Waals surface area contributed by atoms with Crippen molar-refractivity contribution in [3.8, 4) is 11.3 Å². The van der Waals surface area contributed by atoms with Gasteiger partial charge >= 0.3 is 12.3 Å². The van der Waals surface area contributed by atoms with Crippen LogP contribution < -0.4 is 4.90 Å². The number of fused-ring (bicyclic) bond motifs is 2. The van der Waals surface area contributed by atoms with Crippen LogP contribution in [0.1, 0.15) is 66.1 Å². The number of benzene rings is 1. The molecule has 1 saturated carbocycles. The largest absolute Gasteiger partial charge is 0.483 e. The molecule has 6 rings (SSSR count). The number of pyridine rings is 1. The van der Waals surface area contributed by atoms with Gasteiger partial charge in [-0.15, -0.1) is 8.78 Å². The van der Waals surface area contributed by atoms with Crippen molar-refractivity contribution in [2.24, 2.45) is 0 Å². The molecule has 8 nitrogen and oxygen atoms in total. The highest BCUT2D eigenvalue weighted by Crippen LogP contribution is 2.45. The van der Waals surface area contributed by atoms with Gasteiger partial charge in [-0.25, -0.2) is 14.6 Å². The van der Waals surface area contributed by atoms with E-state index in [4.69, 9.17) is 25.7 Å². The lowest BCUT2D eigenvalue weighted by molar-refractivity contribution is 0.0146. The monoisotopic (exact) mass is 545 g/mol. The Morgan fingerprint density at radius 2 is 1.76 bits per heavy atom.